The molecule has 1 heterocycles. The highest BCUT2D eigenvalue weighted by Crippen LogP contribution is 2.39. The van der Waals surface area contributed by atoms with Crippen LogP contribution < -0.4 is 4.90 Å². The van der Waals surface area contributed by atoms with Gasteiger partial charge in [-0.15, -0.1) is 0 Å². The molecule has 5 heteroatoms. The van der Waals surface area contributed by atoms with Crippen LogP contribution in [-0.2, 0) is 11.2 Å². The lowest BCUT2D eigenvalue weighted by atomic mass is 10.1. The van der Waals surface area contributed by atoms with Crippen molar-refractivity contribution >= 4 is 34.6 Å². The van der Waals surface area contributed by atoms with Crippen molar-refractivity contribution in [2.45, 2.75) is 6.42 Å². The number of diazo groups is 1. The van der Waals surface area contributed by atoms with Gasteiger partial charge in [-0.3, -0.25) is 9.69 Å². The number of rotatable bonds is 1. The fraction of sp³-hybridized carbons (Fsp3) is 0.0714. The van der Waals surface area contributed by atoms with Gasteiger partial charge in [0.2, 0.25) is 11.3 Å². The molecule has 2 aromatic rings. The van der Waals surface area contributed by atoms with Crippen molar-refractivity contribution < 1.29 is 4.79 Å². The highest BCUT2D eigenvalue weighted by Gasteiger charge is 2.30. The van der Waals surface area contributed by atoms with E-state index in [9.17, 15) is 4.79 Å². The number of carbonyl (C=O) groups excluding carboxylic acids is 1. The molecule has 2 aromatic carbocycles. The number of halogens is 1. The normalized spacial score (nSPS) is 13.3. The molecule has 1 amide bonds. The van der Waals surface area contributed by atoms with Gasteiger partial charge in [0.25, 0.3) is 0 Å². The molecule has 0 aromatic heterocycles. The van der Waals surface area contributed by atoms with E-state index in [4.69, 9.17) is 17.0 Å². The summed E-state index contributed by atoms with van der Waals surface area (Å²) in [7, 11) is 0. The Bertz CT molecular complexity index is 721. The van der Waals surface area contributed by atoms with Gasteiger partial charge in [-0.05, 0) is 18.2 Å². The third-order valence-corrected chi connectivity index (χ3v) is 3.47. The Labute approximate surface area is 114 Å². The molecule has 19 heavy (non-hydrogen) atoms. The molecule has 0 radical (unpaired) electrons. The number of hydrogen-bond donors (Lipinski definition) is 0. The molecule has 0 aliphatic carbocycles. The summed E-state index contributed by atoms with van der Waals surface area (Å²) in [4.78, 5) is 16.9. The van der Waals surface area contributed by atoms with Crippen molar-refractivity contribution in [3.05, 3.63) is 58.0 Å². The molecular weight excluding hydrogens is 262 g/mol. The van der Waals surface area contributed by atoms with Gasteiger partial charge in [0.1, 0.15) is 0 Å². The highest BCUT2D eigenvalue weighted by molar-refractivity contribution is 6.32. The van der Waals surface area contributed by atoms with Gasteiger partial charge in [-0.1, -0.05) is 23.7 Å². The predicted octanol–water partition coefficient (Wildman–Crippen LogP) is 4.05. The first-order valence-corrected chi connectivity index (χ1v) is 6.14. The second-order valence-corrected chi connectivity index (χ2v) is 4.67. The van der Waals surface area contributed by atoms with Crippen molar-refractivity contribution in [2.24, 2.45) is 0 Å². The zero-order chi connectivity index (χ0) is 13.4. The predicted molar refractivity (Wildman–Crippen MR) is 73.5 cm³/mol. The number of fused-ring (bicyclic) bond motifs is 1. The van der Waals surface area contributed by atoms with Gasteiger partial charge in [0.05, 0.1) is 23.9 Å². The zero-order valence-corrected chi connectivity index (χ0v) is 10.6. The fourth-order valence-electron chi connectivity index (χ4n) is 2.27. The van der Waals surface area contributed by atoms with Crippen molar-refractivity contribution in [1.82, 2.24) is 0 Å². The topological polar surface area (TPSA) is 48.5 Å². The summed E-state index contributed by atoms with van der Waals surface area (Å²) in [6.07, 6.45) is 0.287. The average molecular weight is 271 g/mol. The van der Waals surface area contributed by atoms with E-state index in [0.29, 0.717) is 16.4 Å². The Morgan fingerprint density at radius 3 is 2.79 bits per heavy atom. The summed E-state index contributed by atoms with van der Waals surface area (Å²) in [6, 6.07) is 12.3. The molecule has 0 atom stereocenters. The SMILES string of the molecule is N#[N+]c1cccc(N2C(=O)Cc3c(Cl)cccc32)c1. The van der Waals surface area contributed by atoms with Gasteiger partial charge in [0.15, 0.2) is 4.98 Å². The highest BCUT2D eigenvalue weighted by atomic mass is 35.5. The van der Waals surface area contributed by atoms with Crippen LogP contribution in [0.4, 0.5) is 17.1 Å². The number of nitrogens with zero attached hydrogens (tertiary/aromatic N) is 3. The third kappa shape index (κ3) is 1.85. The maximum Gasteiger partial charge on any atom is 0.387 e. The Balaban J connectivity index is 2.14. The second-order valence-electron chi connectivity index (χ2n) is 4.26. The first-order chi connectivity index (χ1) is 9.20. The summed E-state index contributed by atoms with van der Waals surface area (Å²) < 4.78 is 0. The molecule has 1 aliphatic rings. The molecular formula is C14H9ClN3O+. The minimum atomic E-state index is -0.0433. The van der Waals surface area contributed by atoms with Crippen LogP contribution in [0.3, 0.4) is 0 Å². The quantitative estimate of drug-likeness (QED) is 0.734. The average Bonchev–Trinajstić information content (AvgIpc) is 2.77. The lowest BCUT2D eigenvalue weighted by Crippen LogP contribution is -2.20. The molecule has 0 fully saturated rings. The number of amides is 1. The van der Waals surface area contributed by atoms with Crippen LogP contribution in [0.2, 0.25) is 5.02 Å². The number of anilines is 2. The molecule has 0 spiro atoms. The summed E-state index contributed by atoms with van der Waals surface area (Å²) in [5, 5.41) is 9.40. The number of hydrogen-bond acceptors (Lipinski definition) is 2. The Kier molecular flexibility index (Phi) is 2.69. The van der Waals surface area contributed by atoms with E-state index in [1.807, 2.05) is 12.1 Å². The van der Waals surface area contributed by atoms with Crippen LogP contribution in [0.25, 0.3) is 4.98 Å². The fourth-order valence-corrected chi connectivity index (χ4v) is 2.51. The smallest absolute Gasteiger partial charge is 0.280 e. The molecule has 3 rings (SSSR count). The minimum absolute atomic E-state index is 0.0433. The Morgan fingerprint density at radius 2 is 2.00 bits per heavy atom. The molecule has 0 saturated heterocycles. The summed E-state index contributed by atoms with van der Waals surface area (Å²) >= 11 is 6.11. The summed E-state index contributed by atoms with van der Waals surface area (Å²) in [5.41, 5.74) is 2.69. The third-order valence-electron chi connectivity index (χ3n) is 3.12. The van der Waals surface area contributed by atoms with Gasteiger partial charge < -0.3 is 0 Å². The van der Waals surface area contributed by atoms with Crippen molar-refractivity contribution in [3.63, 3.8) is 0 Å². The van der Waals surface area contributed by atoms with Crippen molar-refractivity contribution in [1.29, 1.82) is 5.39 Å². The maximum atomic E-state index is 12.2. The zero-order valence-electron chi connectivity index (χ0n) is 9.88. The van der Waals surface area contributed by atoms with Crippen LogP contribution in [0.5, 0.6) is 0 Å². The van der Waals surface area contributed by atoms with E-state index < -0.39 is 0 Å². The second kappa shape index (κ2) is 4.38. The van der Waals surface area contributed by atoms with Gasteiger partial charge >= 0.3 is 5.69 Å². The van der Waals surface area contributed by atoms with Crippen LogP contribution in [0.15, 0.2) is 42.5 Å². The van der Waals surface area contributed by atoms with Crippen LogP contribution in [-0.4, -0.2) is 5.91 Å². The van der Waals surface area contributed by atoms with Crippen LogP contribution in [0.1, 0.15) is 5.56 Å². The maximum absolute atomic E-state index is 12.2. The molecule has 0 N–H and O–H groups in total. The van der Waals surface area contributed by atoms with E-state index in [1.54, 1.807) is 35.2 Å². The molecule has 0 bridgehead atoms. The van der Waals surface area contributed by atoms with E-state index in [0.717, 1.165) is 11.3 Å². The van der Waals surface area contributed by atoms with Crippen molar-refractivity contribution in [2.75, 3.05) is 4.90 Å². The van der Waals surface area contributed by atoms with Gasteiger partial charge in [0, 0.05) is 16.7 Å². The van der Waals surface area contributed by atoms with Gasteiger partial charge in [-0.25, -0.2) is 0 Å². The minimum Gasteiger partial charge on any atom is -0.280 e. The largest absolute Gasteiger partial charge is 0.387 e. The van der Waals surface area contributed by atoms with E-state index in [2.05, 4.69) is 4.98 Å². The van der Waals surface area contributed by atoms with E-state index in [-0.39, 0.29) is 12.3 Å². The first-order valence-electron chi connectivity index (χ1n) is 5.76. The monoisotopic (exact) mass is 270 g/mol. The summed E-state index contributed by atoms with van der Waals surface area (Å²) in [6.45, 7) is 0. The molecule has 0 unspecified atom stereocenters. The van der Waals surface area contributed by atoms with E-state index >= 15 is 0 Å². The number of benzene rings is 2. The first kappa shape index (κ1) is 11.7. The molecule has 1 aliphatic heterocycles. The number of carbonyl (C=O) groups is 1. The Hall–Kier alpha value is -2.38. The lowest BCUT2D eigenvalue weighted by molar-refractivity contribution is -0.116. The van der Waals surface area contributed by atoms with Crippen LogP contribution >= 0.6 is 11.6 Å². The molecule has 92 valence electrons. The Morgan fingerprint density at radius 1 is 1.21 bits per heavy atom. The van der Waals surface area contributed by atoms with Gasteiger partial charge in [-0.2, -0.15) is 0 Å². The molecule has 4 nitrogen and oxygen atoms in total. The summed E-state index contributed by atoms with van der Waals surface area (Å²) in [5.74, 6) is -0.0433. The standard InChI is InChI=1S/C14H9ClN3O/c15-12-5-2-6-13-11(12)8-14(19)18(13)10-4-1-3-9(7-10)17-16/h1-7H,8H2/q+1. The molecule has 0 saturated carbocycles. The van der Waals surface area contributed by atoms with E-state index in [1.165, 1.54) is 0 Å². The van der Waals surface area contributed by atoms with Crippen molar-refractivity contribution in [3.8, 4) is 0 Å². The van der Waals surface area contributed by atoms with Crippen LogP contribution in [0, 0.1) is 5.39 Å². The lowest BCUT2D eigenvalue weighted by Gasteiger charge is -2.16.